The van der Waals surface area contributed by atoms with Crippen molar-refractivity contribution in [1.29, 1.82) is 0 Å². The summed E-state index contributed by atoms with van der Waals surface area (Å²) in [5, 5.41) is 11.2. The normalized spacial score (nSPS) is 16.0. The van der Waals surface area contributed by atoms with Gasteiger partial charge in [0.25, 0.3) is 0 Å². The van der Waals surface area contributed by atoms with E-state index in [1.165, 1.54) is 5.56 Å². The van der Waals surface area contributed by atoms with Crippen molar-refractivity contribution in [3.05, 3.63) is 53.1 Å². The summed E-state index contributed by atoms with van der Waals surface area (Å²) in [5.41, 5.74) is 2.25. The van der Waals surface area contributed by atoms with Gasteiger partial charge in [0.15, 0.2) is 5.13 Å². The van der Waals surface area contributed by atoms with Gasteiger partial charge in [-0.3, -0.25) is 4.90 Å². The number of phenols is 1. The van der Waals surface area contributed by atoms with Gasteiger partial charge < -0.3 is 10.0 Å². The quantitative estimate of drug-likeness (QED) is 0.767. The Labute approximate surface area is 149 Å². The van der Waals surface area contributed by atoms with E-state index >= 15 is 0 Å². The second kappa shape index (κ2) is 6.59. The average Bonchev–Trinajstić information content (AvgIpc) is 3.01. The highest BCUT2D eigenvalue weighted by Crippen LogP contribution is 2.31. The lowest BCUT2D eigenvalue weighted by Crippen LogP contribution is -2.45. The van der Waals surface area contributed by atoms with Crippen LogP contribution in [0.3, 0.4) is 0 Å². The Hall–Kier alpha value is -1.82. The second-order valence-corrected chi connectivity index (χ2v) is 7.48. The molecule has 0 radical (unpaired) electrons. The van der Waals surface area contributed by atoms with E-state index in [-0.39, 0.29) is 0 Å². The molecule has 124 valence electrons. The number of hydrogen-bond donors (Lipinski definition) is 1. The van der Waals surface area contributed by atoms with Crippen LogP contribution in [0.4, 0.5) is 5.13 Å². The molecule has 4 nitrogen and oxygen atoms in total. The molecule has 0 amide bonds. The predicted octanol–water partition coefficient (Wildman–Crippen LogP) is 3.98. The molecule has 1 N–H and O–H groups in total. The highest BCUT2D eigenvalue weighted by atomic mass is 35.5. The number of phenolic OH excluding ortho intramolecular Hbond substituents is 1. The van der Waals surface area contributed by atoms with E-state index in [2.05, 4.69) is 9.80 Å². The third-order valence-electron chi connectivity index (χ3n) is 4.32. The molecule has 0 saturated carbocycles. The molecular weight excluding hydrogens is 342 g/mol. The zero-order valence-corrected chi connectivity index (χ0v) is 14.7. The fourth-order valence-electron chi connectivity index (χ4n) is 2.98. The van der Waals surface area contributed by atoms with E-state index in [4.69, 9.17) is 16.6 Å². The molecule has 1 aromatic heterocycles. The first-order chi connectivity index (χ1) is 11.7. The van der Waals surface area contributed by atoms with E-state index in [0.29, 0.717) is 5.75 Å². The van der Waals surface area contributed by atoms with E-state index < -0.39 is 0 Å². The van der Waals surface area contributed by atoms with Crippen molar-refractivity contribution >= 4 is 38.3 Å². The lowest BCUT2D eigenvalue weighted by molar-refractivity contribution is 0.250. The number of aromatic hydroxyl groups is 1. The molecule has 1 aliphatic heterocycles. The van der Waals surface area contributed by atoms with Gasteiger partial charge in [-0.2, -0.15) is 0 Å². The summed E-state index contributed by atoms with van der Waals surface area (Å²) >= 11 is 7.77. The molecule has 4 rings (SSSR count). The molecule has 0 aliphatic carbocycles. The maximum absolute atomic E-state index is 9.37. The highest BCUT2D eigenvalue weighted by molar-refractivity contribution is 7.22. The first-order valence-corrected chi connectivity index (χ1v) is 9.18. The summed E-state index contributed by atoms with van der Waals surface area (Å²) in [6, 6.07) is 13.3. The van der Waals surface area contributed by atoms with Gasteiger partial charge in [0, 0.05) is 37.7 Å². The van der Waals surface area contributed by atoms with Crippen LogP contribution in [-0.4, -0.2) is 41.2 Å². The molecule has 3 aromatic rings. The number of benzene rings is 2. The molecule has 1 saturated heterocycles. The molecule has 0 bridgehead atoms. The predicted molar refractivity (Wildman–Crippen MR) is 100 cm³/mol. The van der Waals surface area contributed by atoms with Crippen LogP contribution >= 0.6 is 22.9 Å². The minimum Gasteiger partial charge on any atom is -0.508 e. The number of thiazole rings is 1. The fraction of sp³-hybridized carbons (Fsp3) is 0.278. The molecular formula is C18H18ClN3OS. The number of hydrogen-bond acceptors (Lipinski definition) is 5. The lowest BCUT2D eigenvalue weighted by Gasteiger charge is -2.34. The third-order valence-corrected chi connectivity index (χ3v) is 5.64. The summed E-state index contributed by atoms with van der Waals surface area (Å²) in [6.07, 6.45) is 0. The van der Waals surface area contributed by atoms with Crippen LogP contribution < -0.4 is 4.90 Å². The summed E-state index contributed by atoms with van der Waals surface area (Å²) in [5.74, 6) is 0.319. The first-order valence-electron chi connectivity index (χ1n) is 7.99. The maximum Gasteiger partial charge on any atom is 0.186 e. The highest BCUT2D eigenvalue weighted by Gasteiger charge is 2.20. The molecule has 0 unspecified atom stereocenters. The molecule has 6 heteroatoms. The largest absolute Gasteiger partial charge is 0.508 e. The molecule has 1 fully saturated rings. The molecule has 1 aliphatic rings. The van der Waals surface area contributed by atoms with Crippen molar-refractivity contribution in [3.8, 4) is 5.75 Å². The van der Waals surface area contributed by atoms with Gasteiger partial charge in [-0.05, 0) is 35.9 Å². The average molecular weight is 360 g/mol. The van der Waals surface area contributed by atoms with E-state index in [1.54, 1.807) is 23.5 Å². The van der Waals surface area contributed by atoms with Crippen LogP contribution in [0, 0.1) is 0 Å². The van der Waals surface area contributed by atoms with Gasteiger partial charge >= 0.3 is 0 Å². The first kappa shape index (κ1) is 15.7. The van der Waals surface area contributed by atoms with Gasteiger partial charge in [-0.1, -0.05) is 35.1 Å². The number of rotatable bonds is 3. The third kappa shape index (κ3) is 3.34. The molecule has 24 heavy (non-hydrogen) atoms. The van der Waals surface area contributed by atoms with Crippen molar-refractivity contribution in [2.75, 3.05) is 31.1 Å². The van der Waals surface area contributed by atoms with Crippen LogP contribution in [-0.2, 0) is 6.54 Å². The topological polar surface area (TPSA) is 39.6 Å². The van der Waals surface area contributed by atoms with Crippen LogP contribution in [0.5, 0.6) is 5.75 Å². The Morgan fingerprint density at radius 3 is 2.54 bits per heavy atom. The minimum atomic E-state index is 0.319. The van der Waals surface area contributed by atoms with Gasteiger partial charge in [0.1, 0.15) is 5.75 Å². The van der Waals surface area contributed by atoms with Gasteiger partial charge in [-0.25, -0.2) is 4.98 Å². The van der Waals surface area contributed by atoms with Crippen LogP contribution in [0.15, 0.2) is 42.5 Å². The van der Waals surface area contributed by atoms with Crippen molar-refractivity contribution in [2.45, 2.75) is 6.54 Å². The lowest BCUT2D eigenvalue weighted by atomic mass is 10.2. The van der Waals surface area contributed by atoms with E-state index in [0.717, 1.165) is 53.1 Å². The fourth-order valence-corrected chi connectivity index (χ4v) is 4.27. The van der Waals surface area contributed by atoms with Crippen LogP contribution in [0.25, 0.3) is 10.2 Å². The van der Waals surface area contributed by atoms with Crippen molar-refractivity contribution in [1.82, 2.24) is 9.88 Å². The summed E-state index contributed by atoms with van der Waals surface area (Å²) in [4.78, 5) is 9.53. The van der Waals surface area contributed by atoms with Crippen LogP contribution in [0.1, 0.15) is 5.56 Å². The van der Waals surface area contributed by atoms with E-state index in [9.17, 15) is 5.11 Å². The number of piperazine rings is 1. The van der Waals surface area contributed by atoms with Crippen molar-refractivity contribution in [2.24, 2.45) is 0 Å². The number of halogens is 1. The summed E-state index contributed by atoms with van der Waals surface area (Å²) in [6.45, 7) is 4.90. The molecule has 0 spiro atoms. The Balaban J connectivity index is 1.40. The van der Waals surface area contributed by atoms with Crippen LogP contribution in [0.2, 0.25) is 5.02 Å². The molecule has 2 heterocycles. The van der Waals surface area contributed by atoms with Crippen molar-refractivity contribution < 1.29 is 5.11 Å². The molecule has 2 aromatic carbocycles. The van der Waals surface area contributed by atoms with E-state index in [1.807, 2.05) is 30.3 Å². The number of nitrogens with zero attached hydrogens (tertiary/aromatic N) is 3. The Bertz CT molecular complexity index is 841. The van der Waals surface area contributed by atoms with Crippen molar-refractivity contribution in [3.63, 3.8) is 0 Å². The summed E-state index contributed by atoms with van der Waals surface area (Å²) < 4.78 is 1.14. The number of fused-ring (bicyclic) bond motifs is 1. The zero-order chi connectivity index (χ0) is 16.5. The Morgan fingerprint density at radius 1 is 1.04 bits per heavy atom. The Kier molecular flexibility index (Phi) is 4.31. The van der Waals surface area contributed by atoms with Gasteiger partial charge in [0.05, 0.1) is 10.2 Å². The van der Waals surface area contributed by atoms with Gasteiger partial charge in [-0.15, -0.1) is 0 Å². The van der Waals surface area contributed by atoms with Gasteiger partial charge in [0.2, 0.25) is 0 Å². The smallest absolute Gasteiger partial charge is 0.186 e. The maximum atomic E-state index is 9.37. The second-order valence-electron chi connectivity index (χ2n) is 6.04. The SMILES string of the molecule is Oc1ccc(CN2CCN(c3nc4ccc(Cl)cc4s3)CC2)cc1. The Morgan fingerprint density at radius 2 is 1.79 bits per heavy atom. The standard InChI is InChI=1S/C18H18ClN3OS/c19-14-3-6-16-17(11-14)24-18(20-16)22-9-7-21(8-10-22)12-13-1-4-15(23)5-2-13/h1-6,11,23H,7-10,12H2. The number of aromatic nitrogens is 1. The zero-order valence-electron chi connectivity index (χ0n) is 13.2. The summed E-state index contributed by atoms with van der Waals surface area (Å²) in [7, 11) is 0. The monoisotopic (exact) mass is 359 g/mol. The minimum absolute atomic E-state index is 0.319. The molecule has 0 atom stereocenters. The number of anilines is 1.